The van der Waals surface area contributed by atoms with Gasteiger partial charge in [0.25, 0.3) is 0 Å². The molecule has 7 heteroatoms. The molecule has 156 valence electrons. The Hall–Kier alpha value is -1.99. The summed E-state index contributed by atoms with van der Waals surface area (Å²) in [6.45, 7) is 3.89. The molecule has 2 unspecified atom stereocenters. The molecule has 0 amide bonds. The van der Waals surface area contributed by atoms with Crippen LogP contribution in [-0.4, -0.2) is 54.2 Å². The second kappa shape index (κ2) is 10.7. The number of aliphatic hydroxyl groups excluding tert-OH is 1. The summed E-state index contributed by atoms with van der Waals surface area (Å²) in [5, 5.41) is 15.2. The molecule has 2 atom stereocenters. The molecule has 0 spiro atoms. The molecule has 0 saturated carbocycles. The molecular weight excluding hydrogens is 395 g/mol. The molecule has 0 saturated heterocycles. The number of benzene rings is 2. The zero-order valence-electron chi connectivity index (χ0n) is 16.4. The predicted molar refractivity (Wildman–Crippen MR) is 112 cm³/mol. The normalized spacial score (nSPS) is 17.3. The molecule has 2 aromatic carbocycles. The topological polar surface area (TPSA) is 54.3 Å². The van der Waals surface area contributed by atoms with Crippen molar-refractivity contribution in [3.05, 3.63) is 70.5 Å². The number of halogens is 2. The molecule has 1 N–H and O–H groups in total. The highest BCUT2D eigenvalue weighted by atomic mass is 35.5. The summed E-state index contributed by atoms with van der Waals surface area (Å²) in [4.78, 5) is 7.60. The van der Waals surface area contributed by atoms with Crippen LogP contribution in [0.15, 0.2) is 53.7 Å². The molecule has 1 heterocycles. The van der Waals surface area contributed by atoms with Crippen LogP contribution in [0.2, 0.25) is 5.02 Å². The van der Waals surface area contributed by atoms with Gasteiger partial charge in [-0.05, 0) is 30.7 Å². The van der Waals surface area contributed by atoms with Gasteiger partial charge >= 0.3 is 0 Å². The van der Waals surface area contributed by atoms with Gasteiger partial charge in [-0.15, -0.1) is 0 Å². The quantitative estimate of drug-likeness (QED) is 0.634. The number of hydrogen-bond donors (Lipinski definition) is 1. The first kappa shape index (κ1) is 21.7. The van der Waals surface area contributed by atoms with Gasteiger partial charge in [0, 0.05) is 43.2 Å². The van der Waals surface area contributed by atoms with Crippen LogP contribution in [0.4, 0.5) is 4.39 Å². The van der Waals surface area contributed by atoms with Crippen molar-refractivity contribution < 1.29 is 19.1 Å². The van der Waals surface area contributed by atoms with E-state index in [1.807, 2.05) is 36.1 Å². The maximum Gasteiger partial charge on any atom is 0.145 e. The second-order valence-electron chi connectivity index (χ2n) is 7.08. The van der Waals surface area contributed by atoms with Crippen molar-refractivity contribution in [1.29, 1.82) is 0 Å². The summed E-state index contributed by atoms with van der Waals surface area (Å²) in [5.74, 6) is -0.262. The van der Waals surface area contributed by atoms with Gasteiger partial charge in [-0.2, -0.15) is 0 Å². The summed E-state index contributed by atoms with van der Waals surface area (Å²) >= 11 is 5.95. The van der Waals surface area contributed by atoms with E-state index in [1.54, 1.807) is 18.2 Å². The Labute approximate surface area is 175 Å². The third kappa shape index (κ3) is 6.51. The molecule has 0 bridgehead atoms. The van der Waals surface area contributed by atoms with Gasteiger partial charge in [-0.1, -0.05) is 47.1 Å². The average molecular weight is 421 g/mol. The molecule has 0 radical (unpaired) electrons. The molecule has 29 heavy (non-hydrogen) atoms. The predicted octanol–water partition coefficient (Wildman–Crippen LogP) is 3.87. The van der Waals surface area contributed by atoms with Gasteiger partial charge in [0.2, 0.25) is 0 Å². The zero-order chi connectivity index (χ0) is 20.6. The monoisotopic (exact) mass is 420 g/mol. The number of rotatable bonds is 10. The smallest absolute Gasteiger partial charge is 0.145 e. The first-order valence-electron chi connectivity index (χ1n) is 9.75. The van der Waals surface area contributed by atoms with Crippen LogP contribution in [0, 0.1) is 5.82 Å². The summed E-state index contributed by atoms with van der Waals surface area (Å²) in [5.41, 5.74) is 2.40. The average Bonchev–Trinajstić information content (AvgIpc) is 3.17. The van der Waals surface area contributed by atoms with Gasteiger partial charge in [-0.3, -0.25) is 4.90 Å². The van der Waals surface area contributed by atoms with E-state index in [1.165, 1.54) is 6.07 Å². The Morgan fingerprint density at radius 2 is 2.03 bits per heavy atom. The number of hydrogen-bond acceptors (Lipinski definition) is 5. The summed E-state index contributed by atoms with van der Waals surface area (Å²) in [6.07, 6.45) is -0.205. The van der Waals surface area contributed by atoms with Crippen LogP contribution < -0.4 is 0 Å². The maximum absolute atomic E-state index is 14.1. The molecular formula is C22H26ClFN2O3. The van der Waals surface area contributed by atoms with E-state index in [2.05, 4.69) is 5.16 Å². The van der Waals surface area contributed by atoms with E-state index in [0.717, 1.165) is 11.3 Å². The minimum atomic E-state index is -0.667. The van der Waals surface area contributed by atoms with Crippen molar-refractivity contribution in [2.24, 2.45) is 5.16 Å². The molecule has 3 rings (SSSR count). The number of oxime groups is 1. The summed E-state index contributed by atoms with van der Waals surface area (Å²) < 4.78 is 19.5. The summed E-state index contributed by atoms with van der Waals surface area (Å²) in [6, 6.07) is 14.1. The van der Waals surface area contributed by atoms with Crippen LogP contribution in [-0.2, 0) is 16.1 Å². The Kier molecular flexibility index (Phi) is 8.00. The number of aliphatic hydroxyl groups is 1. The van der Waals surface area contributed by atoms with Gasteiger partial charge < -0.3 is 14.7 Å². The minimum absolute atomic E-state index is 0.174. The molecule has 0 aromatic heterocycles. The fourth-order valence-electron chi connectivity index (χ4n) is 3.30. The van der Waals surface area contributed by atoms with Crippen LogP contribution in [0.25, 0.3) is 0 Å². The first-order valence-corrected chi connectivity index (χ1v) is 10.1. The third-order valence-corrected chi connectivity index (χ3v) is 4.96. The van der Waals surface area contributed by atoms with Crippen LogP contribution in [0.3, 0.4) is 0 Å². The molecule has 0 fully saturated rings. The highest BCUT2D eigenvalue weighted by Gasteiger charge is 2.26. The lowest BCUT2D eigenvalue weighted by Gasteiger charge is -2.27. The fourth-order valence-corrected chi connectivity index (χ4v) is 3.43. The Morgan fingerprint density at radius 1 is 1.28 bits per heavy atom. The van der Waals surface area contributed by atoms with Crippen molar-refractivity contribution in [3.63, 3.8) is 0 Å². The van der Waals surface area contributed by atoms with Crippen LogP contribution in [0.5, 0.6) is 0 Å². The van der Waals surface area contributed by atoms with Crippen molar-refractivity contribution >= 4 is 17.3 Å². The van der Waals surface area contributed by atoms with E-state index in [-0.39, 0.29) is 18.5 Å². The highest BCUT2D eigenvalue weighted by Crippen LogP contribution is 2.20. The molecule has 5 nitrogen and oxygen atoms in total. The van der Waals surface area contributed by atoms with Gasteiger partial charge in [-0.25, -0.2) is 4.39 Å². The van der Waals surface area contributed by atoms with E-state index in [4.69, 9.17) is 21.2 Å². The number of nitrogens with zero attached hydrogens (tertiary/aromatic N) is 2. The molecule has 2 aromatic rings. The first-order chi connectivity index (χ1) is 14.0. The number of ether oxygens (including phenoxy) is 1. The minimum Gasteiger partial charge on any atom is -0.390 e. The lowest BCUT2D eigenvalue weighted by Crippen LogP contribution is -2.39. The third-order valence-electron chi connectivity index (χ3n) is 4.71. The summed E-state index contributed by atoms with van der Waals surface area (Å²) in [7, 11) is 0. The zero-order valence-corrected chi connectivity index (χ0v) is 17.2. The second-order valence-corrected chi connectivity index (χ2v) is 7.51. The largest absolute Gasteiger partial charge is 0.390 e. The van der Waals surface area contributed by atoms with E-state index in [9.17, 15) is 9.50 Å². The lowest BCUT2D eigenvalue weighted by atomic mass is 10.0. The Balaban J connectivity index is 1.63. The van der Waals surface area contributed by atoms with Crippen LogP contribution in [0.1, 0.15) is 24.5 Å². The van der Waals surface area contributed by atoms with Crippen molar-refractivity contribution in [1.82, 2.24) is 4.90 Å². The van der Waals surface area contributed by atoms with Crippen LogP contribution >= 0.6 is 11.6 Å². The van der Waals surface area contributed by atoms with E-state index in [0.29, 0.717) is 43.2 Å². The van der Waals surface area contributed by atoms with E-state index >= 15 is 0 Å². The Bertz CT molecular complexity index is 816. The lowest BCUT2D eigenvalue weighted by molar-refractivity contribution is 0.000247. The highest BCUT2D eigenvalue weighted by molar-refractivity contribution is 6.30. The maximum atomic E-state index is 14.1. The van der Waals surface area contributed by atoms with Crippen molar-refractivity contribution in [2.45, 2.75) is 32.1 Å². The van der Waals surface area contributed by atoms with Gasteiger partial charge in [0.15, 0.2) is 0 Å². The van der Waals surface area contributed by atoms with E-state index < -0.39 is 6.10 Å². The van der Waals surface area contributed by atoms with Crippen molar-refractivity contribution in [2.75, 3.05) is 26.3 Å². The molecule has 1 aliphatic heterocycles. The van der Waals surface area contributed by atoms with Crippen molar-refractivity contribution in [3.8, 4) is 0 Å². The molecule has 1 aliphatic rings. The molecule has 0 aliphatic carbocycles. The Morgan fingerprint density at radius 3 is 2.76 bits per heavy atom. The fraction of sp³-hybridized carbons (Fsp3) is 0.409. The SMILES string of the molecule is CCOCC(O)CN(Cc1ccccc1F)CC1CC(c2ccc(Cl)cc2)=NO1. The van der Waals surface area contributed by atoms with Gasteiger partial charge in [0.05, 0.1) is 18.4 Å². The standard InChI is InChI=1S/C22H26ClFN2O3/c1-2-28-15-19(27)13-26(12-17-5-3-4-6-21(17)24)14-20-11-22(25-29-20)16-7-9-18(23)10-8-16/h3-10,19-20,27H,2,11-15H2,1H3. The van der Waals surface area contributed by atoms with Gasteiger partial charge in [0.1, 0.15) is 11.9 Å².